The zero-order valence-corrected chi connectivity index (χ0v) is 14.3. The summed E-state index contributed by atoms with van der Waals surface area (Å²) in [5.74, 6) is -1.74. The molecule has 0 saturated heterocycles. The molecular formula is C16H22ClFN2O3. The second-order valence-electron chi connectivity index (χ2n) is 5.43. The average Bonchev–Trinajstić information content (AvgIpc) is 2.48. The van der Waals surface area contributed by atoms with E-state index in [-0.39, 0.29) is 29.6 Å². The van der Waals surface area contributed by atoms with Crippen LogP contribution in [0.4, 0.5) is 4.39 Å². The largest absolute Gasteiger partial charge is 0.480 e. The molecule has 7 heteroatoms. The van der Waals surface area contributed by atoms with Crippen molar-refractivity contribution in [2.24, 2.45) is 0 Å². The Morgan fingerprint density at radius 2 is 2.04 bits per heavy atom. The van der Waals surface area contributed by atoms with Crippen LogP contribution >= 0.6 is 11.6 Å². The Morgan fingerprint density at radius 1 is 1.39 bits per heavy atom. The molecule has 0 aliphatic carbocycles. The van der Waals surface area contributed by atoms with Crippen LogP contribution in [0.15, 0.2) is 18.2 Å². The Bertz CT molecular complexity index is 548. The lowest BCUT2D eigenvalue weighted by molar-refractivity contribution is -0.142. The molecule has 128 valence electrons. The summed E-state index contributed by atoms with van der Waals surface area (Å²) < 4.78 is 13.8. The monoisotopic (exact) mass is 344 g/mol. The van der Waals surface area contributed by atoms with Gasteiger partial charge in [0.2, 0.25) is 5.91 Å². The second kappa shape index (κ2) is 8.84. The molecule has 23 heavy (non-hydrogen) atoms. The van der Waals surface area contributed by atoms with Crippen molar-refractivity contribution in [2.45, 2.75) is 32.9 Å². The van der Waals surface area contributed by atoms with Crippen molar-refractivity contribution < 1.29 is 19.1 Å². The fourth-order valence-electron chi connectivity index (χ4n) is 2.34. The fraction of sp³-hybridized carbons (Fsp3) is 0.500. The Morgan fingerprint density at radius 3 is 2.57 bits per heavy atom. The molecule has 0 aromatic heterocycles. The van der Waals surface area contributed by atoms with Crippen LogP contribution in [-0.4, -0.2) is 53.0 Å². The molecule has 1 rings (SSSR count). The van der Waals surface area contributed by atoms with E-state index < -0.39 is 17.8 Å². The second-order valence-corrected chi connectivity index (χ2v) is 5.84. The Hall–Kier alpha value is -1.66. The highest BCUT2D eigenvalue weighted by Crippen LogP contribution is 2.21. The maximum atomic E-state index is 13.8. The molecule has 1 unspecified atom stereocenters. The third kappa shape index (κ3) is 5.48. The predicted molar refractivity (Wildman–Crippen MR) is 86.8 cm³/mol. The van der Waals surface area contributed by atoms with Gasteiger partial charge in [-0.25, -0.2) is 4.39 Å². The van der Waals surface area contributed by atoms with Crippen molar-refractivity contribution in [2.75, 3.05) is 20.1 Å². The Labute approximate surface area is 140 Å². The fourth-order valence-corrected chi connectivity index (χ4v) is 2.57. The number of rotatable bonds is 8. The average molecular weight is 345 g/mol. The van der Waals surface area contributed by atoms with Gasteiger partial charge < -0.3 is 10.0 Å². The van der Waals surface area contributed by atoms with Gasteiger partial charge in [-0.15, -0.1) is 0 Å². The standard InChI is InChI=1S/C16H22ClFN2O3/c1-4-8-20(10-15(21)22)11(2)16(23)19(3)9-12-13(17)6-5-7-14(12)18/h5-7,11H,4,8-10H2,1-3H3,(H,21,22). The highest BCUT2D eigenvalue weighted by atomic mass is 35.5. The molecule has 1 atom stereocenters. The molecule has 5 nitrogen and oxygen atoms in total. The van der Waals surface area contributed by atoms with E-state index in [1.807, 2.05) is 6.92 Å². The van der Waals surface area contributed by atoms with E-state index in [2.05, 4.69) is 0 Å². The molecular weight excluding hydrogens is 323 g/mol. The van der Waals surface area contributed by atoms with Gasteiger partial charge in [0, 0.05) is 24.2 Å². The van der Waals surface area contributed by atoms with E-state index in [1.165, 1.54) is 17.0 Å². The number of likely N-dealkylation sites (N-methyl/N-ethyl adjacent to an activating group) is 1. The molecule has 1 amide bonds. The number of carboxylic acids is 1. The van der Waals surface area contributed by atoms with Crippen molar-refractivity contribution in [3.05, 3.63) is 34.6 Å². The van der Waals surface area contributed by atoms with Gasteiger partial charge in [-0.3, -0.25) is 14.5 Å². The van der Waals surface area contributed by atoms with Crippen LogP contribution in [0.3, 0.4) is 0 Å². The molecule has 0 heterocycles. The highest BCUT2D eigenvalue weighted by molar-refractivity contribution is 6.31. The molecule has 1 N–H and O–H groups in total. The lowest BCUT2D eigenvalue weighted by Crippen LogP contribution is -2.47. The number of halogens is 2. The van der Waals surface area contributed by atoms with Crippen molar-refractivity contribution in [1.82, 2.24) is 9.80 Å². The van der Waals surface area contributed by atoms with Gasteiger partial charge in [0.15, 0.2) is 0 Å². The number of carbonyl (C=O) groups excluding carboxylic acids is 1. The van der Waals surface area contributed by atoms with E-state index in [0.29, 0.717) is 6.54 Å². The number of carboxylic acid groups (broad SMARTS) is 1. The van der Waals surface area contributed by atoms with Gasteiger partial charge in [-0.05, 0) is 32.0 Å². The maximum Gasteiger partial charge on any atom is 0.317 e. The van der Waals surface area contributed by atoms with Gasteiger partial charge in [-0.1, -0.05) is 24.6 Å². The first-order valence-corrected chi connectivity index (χ1v) is 7.79. The number of aliphatic carboxylic acids is 1. The first-order chi connectivity index (χ1) is 10.8. The summed E-state index contributed by atoms with van der Waals surface area (Å²) in [7, 11) is 1.55. The molecule has 0 aliphatic rings. The summed E-state index contributed by atoms with van der Waals surface area (Å²) in [5.41, 5.74) is 0.248. The summed E-state index contributed by atoms with van der Waals surface area (Å²) in [6.45, 7) is 3.87. The predicted octanol–water partition coefficient (Wildman–Crippen LogP) is 2.62. The van der Waals surface area contributed by atoms with Gasteiger partial charge in [0.25, 0.3) is 0 Å². The van der Waals surface area contributed by atoms with Gasteiger partial charge >= 0.3 is 5.97 Å². The summed E-state index contributed by atoms with van der Waals surface area (Å²) in [6.07, 6.45) is 0.730. The number of nitrogens with zero attached hydrogens (tertiary/aromatic N) is 2. The van der Waals surface area contributed by atoms with Crippen molar-refractivity contribution in [1.29, 1.82) is 0 Å². The molecule has 0 spiro atoms. The van der Waals surface area contributed by atoms with E-state index in [1.54, 1.807) is 24.9 Å². The van der Waals surface area contributed by atoms with E-state index in [4.69, 9.17) is 16.7 Å². The topological polar surface area (TPSA) is 60.9 Å². The molecule has 0 aliphatic heterocycles. The number of hydrogen-bond donors (Lipinski definition) is 1. The molecule has 0 fully saturated rings. The zero-order chi connectivity index (χ0) is 17.6. The van der Waals surface area contributed by atoms with Crippen molar-refractivity contribution >= 4 is 23.5 Å². The minimum Gasteiger partial charge on any atom is -0.480 e. The van der Waals surface area contributed by atoms with Crippen LogP contribution in [0, 0.1) is 5.82 Å². The smallest absolute Gasteiger partial charge is 0.317 e. The molecule has 0 saturated carbocycles. The summed E-state index contributed by atoms with van der Waals surface area (Å²) in [5, 5.41) is 9.21. The zero-order valence-electron chi connectivity index (χ0n) is 13.6. The van der Waals surface area contributed by atoms with Crippen LogP contribution in [0.5, 0.6) is 0 Å². The van der Waals surface area contributed by atoms with Crippen LogP contribution in [0.2, 0.25) is 5.02 Å². The van der Waals surface area contributed by atoms with Crippen LogP contribution in [0.25, 0.3) is 0 Å². The third-order valence-corrected chi connectivity index (χ3v) is 3.94. The molecule has 0 radical (unpaired) electrons. The quantitative estimate of drug-likeness (QED) is 0.787. The summed E-state index contributed by atoms with van der Waals surface area (Å²) in [4.78, 5) is 26.4. The molecule has 1 aromatic carbocycles. The highest BCUT2D eigenvalue weighted by Gasteiger charge is 2.26. The Kier molecular flexibility index (Phi) is 7.45. The SMILES string of the molecule is CCCN(CC(=O)O)C(C)C(=O)N(C)Cc1c(F)cccc1Cl. The van der Waals surface area contributed by atoms with Gasteiger partial charge in [0.1, 0.15) is 5.82 Å². The minimum absolute atomic E-state index is 0.0295. The van der Waals surface area contributed by atoms with Gasteiger partial charge in [0.05, 0.1) is 12.6 Å². The van der Waals surface area contributed by atoms with Crippen molar-refractivity contribution in [3.8, 4) is 0 Å². The third-order valence-electron chi connectivity index (χ3n) is 3.59. The normalized spacial score (nSPS) is 12.3. The van der Waals surface area contributed by atoms with Gasteiger partial charge in [-0.2, -0.15) is 0 Å². The van der Waals surface area contributed by atoms with E-state index in [0.717, 1.165) is 6.42 Å². The van der Waals surface area contributed by atoms with Crippen molar-refractivity contribution in [3.63, 3.8) is 0 Å². The van der Waals surface area contributed by atoms with E-state index in [9.17, 15) is 14.0 Å². The van der Waals surface area contributed by atoms with Crippen LogP contribution in [0.1, 0.15) is 25.8 Å². The first kappa shape index (κ1) is 19.4. The summed E-state index contributed by atoms with van der Waals surface area (Å²) in [6, 6.07) is 3.75. The van der Waals surface area contributed by atoms with Crippen LogP contribution in [-0.2, 0) is 16.1 Å². The summed E-state index contributed by atoms with van der Waals surface area (Å²) >= 11 is 5.97. The Balaban J connectivity index is 2.83. The number of amides is 1. The lowest BCUT2D eigenvalue weighted by Gasteiger charge is -2.30. The molecule has 1 aromatic rings. The number of benzene rings is 1. The maximum absolute atomic E-state index is 13.8. The lowest BCUT2D eigenvalue weighted by atomic mass is 10.1. The minimum atomic E-state index is -0.988. The molecule has 0 bridgehead atoms. The van der Waals surface area contributed by atoms with E-state index >= 15 is 0 Å². The van der Waals surface area contributed by atoms with Crippen LogP contribution < -0.4 is 0 Å². The number of carbonyl (C=O) groups is 2. The first-order valence-electron chi connectivity index (χ1n) is 7.41. The number of hydrogen-bond acceptors (Lipinski definition) is 3.